The first-order chi connectivity index (χ1) is 22.9. The number of likely N-dealkylation sites (tertiary alicyclic amines) is 2. The number of amides is 4. The number of hydrogen-bond donors (Lipinski definition) is 2. The average molecular weight is 634 g/mol. The van der Waals surface area contributed by atoms with Crippen LogP contribution in [0.2, 0.25) is 0 Å². The summed E-state index contributed by atoms with van der Waals surface area (Å²) in [5.41, 5.74) is 2.68. The lowest BCUT2D eigenvalue weighted by atomic mass is 10.1. The van der Waals surface area contributed by atoms with Crippen molar-refractivity contribution in [2.24, 2.45) is 0 Å². The molecule has 0 unspecified atom stereocenters. The molecular weight excluding hydrogens is 602 g/mol. The Bertz CT molecular complexity index is 1740. The first-order valence-corrected chi connectivity index (χ1v) is 15.4. The van der Waals surface area contributed by atoms with Crippen molar-refractivity contribution in [1.82, 2.24) is 14.8 Å². The minimum Gasteiger partial charge on any atom is -0.459 e. The molecular formula is C35H31N5O7. The second-order valence-electron chi connectivity index (χ2n) is 11.4. The van der Waals surface area contributed by atoms with E-state index in [4.69, 9.17) is 13.3 Å². The van der Waals surface area contributed by atoms with E-state index in [0.29, 0.717) is 49.0 Å². The zero-order valence-electron chi connectivity index (χ0n) is 25.3. The van der Waals surface area contributed by atoms with Crippen molar-refractivity contribution in [3.63, 3.8) is 0 Å². The van der Waals surface area contributed by atoms with Gasteiger partial charge in [0.05, 0.1) is 18.7 Å². The highest BCUT2D eigenvalue weighted by atomic mass is 16.4. The van der Waals surface area contributed by atoms with Crippen molar-refractivity contribution in [1.29, 1.82) is 0 Å². The van der Waals surface area contributed by atoms with Crippen LogP contribution in [0.3, 0.4) is 0 Å². The van der Waals surface area contributed by atoms with E-state index in [1.807, 2.05) is 12.1 Å². The second-order valence-corrected chi connectivity index (χ2v) is 11.4. The molecule has 3 aromatic heterocycles. The standard InChI is InChI=1S/C35H31N5O7/c41-31(26-5-1-17-39(26)34(43)28-7-3-19-45-28)37-24-13-9-22(10-14-24)30-21-36-33(47-30)23-11-15-25(16-12-23)38-32(42)27-6-2-18-40(27)35(44)29-8-4-20-46-29/h3-4,7-16,19-21,26-27H,1-2,5-6,17-18H2,(H,37,41)(H,38,42)/t26-,27-/m0/s1. The first-order valence-electron chi connectivity index (χ1n) is 15.4. The molecule has 12 nitrogen and oxygen atoms in total. The molecule has 0 aliphatic carbocycles. The van der Waals surface area contributed by atoms with Crippen LogP contribution in [-0.2, 0) is 9.59 Å². The third-order valence-electron chi connectivity index (χ3n) is 8.44. The quantitative estimate of drug-likeness (QED) is 0.222. The number of anilines is 2. The molecule has 7 rings (SSSR count). The van der Waals surface area contributed by atoms with Crippen molar-refractivity contribution in [2.75, 3.05) is 23.7 Å². The zero-order chi connectivity index (χ0) is 32.3. The molecule has 0 spiro atoms. The van der Waals surface area contributed by atoms with Gasteiger partial charge in [0.15, 0.2) is 17.3 Å². The van der Waals surface area contributed by atoms with Gasteiger partial charge in [0.2, 0.25) is 17.7 Å². The summed E-state index contributed by atoms with van der Waals surface area (Å²) in [5, 5.41) is 5.82. The monoisotopic (exact) mass is 633 g/mol. The number of nitrogens with zero attached hydrogens (tertiary/aromatic N) is 3. The molecule has 4 amide bonds. The van der Waals surface area contributed by atoms with Gasteiger partial charge in [-0.1, -0.05) is 0 Å². The number of hydrogen-bond acceptors (Lipinski definition) is 8. The molecule has 0 radical (unpaired) electrons. The molecule has 2 aliphatic heterocycles. The summed E-state index contributed by atoms with van der Waals surface area (Å²) in [7, 11) is 0. The van der Waals surface area contributed by atoms with Crippen molar-refractivity contribution >= 4 is 35.0 Å². The molecule has 0 saturated carbocycles. The largest absolute Gasteiger partial charge is 0.459 e. The number of nitrogens with one attached hydrogen (secondary N) is 2. The summed E-state index contributed by atoms with van der Waals surface area (Å²) >= 11 is 0. The summed E-state index contributed by atoms with van der Waals surface area (Å²) in [6, 6.07) is 19.6. The zero-order valence-corrected chi connectivity index (χ0v) is 25.3. The van der Waals surface area contributed by atoms with Crippen molar-refractivity contribution in [2.45, 2.75) is 37.8 Å². The molecule has 2 atom stereocenters. The maximum absolute atomic E-state index is 13.0. The van der Waals surface area contributed by atoms with Crippen LogP contribution >= 0.6 is 0 Å². The molecule has 2 aromatic carbocycles. The number of aromatic nitrogens is 1. The van der Waals surface area contributed by atoms with Crippen LogP contribution in [0.1, 0.15) is 46.8 Å². The lowest BCUT2D eigenvalue weighted by Crippen LogP contribution is -2.43. The van der Waals surface area contributed by atoms with Crippen molar-refractivity contribution in [3.8, 4) is 22.8 Å². The van der Waals surface area contributed by atoms with Gasteiger partial charge in [0.25, 0.3) is 11.8 Å². The molecule has 2 aliphatic rings. The van der Waals surface area contributed by atoms with E-state index in [1.54, 1.807) is 76.7 Å². The molecule has 238 valence electrons. The molecule has 2 N–H and O–H groups in total. The minimum absolute atomic E-state index is 0.217. The van der Waals surface area contributed by atoms with Crippen LogP contribution in [0.5, 0.6) is 0 Å². The van der Waals surface area contributed by atoms with Gasteiger partial charge in [-0.2, -0.15) is 0 Å². The molecule has 2 saturated heterocycles. The minimum atomic E-state index is -0.574. The van der Waals surface area contributed by atoms with Crippen molar-refractivity contribution in [3.05, 3.63) is 103 Å². The highest BCUT2D eigenvalue weighted by molar-refractivity contribution is 6.01. The maximum Gasteiger partial charge on any atom is 0.290 e. The van der Waals surface area contributed by atoms with E-state index in [-0.39, 0.29) is 35.1 Å². The summed E-state index contributed by atoms with van der Waals surface area (Å²) in [4.78, 5) is 59.1. The summed E-state index contributed by atoms with van der Waals surface area (Å²) in [6.45, 7) is 0.991. The van der Waals surface area contributed by atoms with Crippen LogP contribution in [0.4, 0.5) is 11.4 Å². The Morgan fingerprint density at radius 3 is 1.62 bits per heavy atom. The fraction of sp³-hybridized carbons (Fsp3) is 0.229. The first kappa shape index (κ1) is 29.8. The summed E-state index contributed by atoms with van der Waals surface area (Å²) in [5.74, 6) is 0.295. The van der Waals surface area contributed by atoms with Gasteiger partial charge in [0.1, 0.15) is 12.1 Å². The van der Waals surface area contributed by atoms with E-state index in [2.05, 4.69) is 15.6 Å². The number of furan rings is 2. The van der Waals surface area contributed by atoms with Gasteiger partial charge in [-0.15, -0.1) is 0 Å². The third-order valence-corrected chi connectivity index (χ3v) is 8.44. The molecule has 12 heteroatoms. The fourth-order valence-corrected chi connectivity index (χ4v) is 6.05. The number of oxazole rings is 1. The number of carbonyl (C=O) groups is 4. The van der Waals surface area contributed by atoms with Gasteiger partial charge >= 0.3 is 0 Å². The fourth-order valence-electron chi connectivity index (χ4n) is 6.05. The Morgan fingerprint density at radius 2 is 1.15 bits per heavy atom. The Balaban J connectivity index is 0.954. The highest BCUT2D eigenvalue weighted by Gasteiger charge is 2.36. The van der Waals surface area contributed by atoms with Crippen LogP contribution in [0, 0.1) is 0 Å². The predicted octanol–water partition coefficient (Wildman–Crippen LogP) is 5.68. The number of rotatable bonds is 8. The second kappa shape index (κ2) is 12.8. The van der Waals surface area contributed by atoms with Crippen LogP contribution in [-0.4, -0.2) is 63.6 Å². The Labute approximate surface area is 269 Å². The van der Waals surface area contributed by atoms with Gasteiger partial charge in [-0.3, -0.25) is 19.2 Å². The molecule has 5 aromatic rings. The predicted molar refractivity (Wildman–Crippen MR) is 170 cm³/mol. The van der Waals surface area contributed by atoms with E-state index in [1.165, 1.54) is 12.5 Å². The van der Waals surface area contributed by atoms with E-state index < -0.39 is 12.1 Å². The van der Waals surface area contributed by atoms with E-state index in [0.717, 1.165) is 24.0 Å². The number of benzene rings is 2. The van der Waals surface area contributed by atoms with Crippen LogP contribution < -0.4 is 10.6 Å². The van der Waals surface area contributed by atoms with Gasteiger partial charge in [-0.05, 0) is 98.5 Å². The van der Waals surface area contributed by atoms with Gasteiger partial charge < -0.3 is 33.7 Å². The summed E-state index contributed by atoms with van der Waals surface area (Å²) in [6.07, 6.45) is 7.14. The lowest BCUT2D eigenvalue weighted by molar-refractivity contribution is -0.120. The highest BCUT2D eigenvalue weighted by Crippen LogP contribution is 2.29. The van der Waals surface area contributed by atoms with E-state index >= 15 is 0 Å². The smallest absolute Gasteiger partial charge is 0.290 e. The maximum atomic E-state index is 13.0. The van der Waals surface area contributed by atoms with Crippen LogP contribution in [0.25, 0.3) is 22.8 Å². The Kier molecular flexibility index (Phi) is 8.13. The third kappa shape index (κ3) is 6.17. The molecule has 47 heavy (non-hydrogen) atoms. The average Bonchev–Trinajstić information content (AvgIpc) is 3.93. The topological polar surface area (TPSA) is 151 Å². The lowest BCUT2D eigenvalue weighted by Gasteiger charge is -2.23. The van der Waals surface area contributed by atoms with Gasteiger partial charge in [-0.25, -0.2) is 4.98 Å². The Morgan fingerprint density at radius 1 is 0.660 bits per heavy atom. The molecule has 0 bridgehead atoms. The number of carbonyl (C=O) groups excluding carboxylic acids is 4. The molecule has 2 fully saturated rings. The Hall–Kier alpha value is -5.91. The molecule has 5 heterocycles. The van der Waals surface area contributed by atoms with E-state index in [9.17, 15) is 19.2 Å². The van der Waals surface area contributed by atoms with Gasteiger partial charge in [0, 0.05) is 35.6 Å². The van der Waals surface area contributed by atoms with Crippen molar-refractivity contribution < 1.29 is 32.4 Å². The SMILES string of the molecule is O=C(Nc1ccc(-c2cnc(-c3ccc(NC(=O)[C@@H]4CCCN4C(=O)c4ccco4)cc3)o2)cc1)[C@@H]1CCCN1C(=O)c1ccco1. The van der Waals surface area contributed by atoms with Crippen LogP contribution in [0.15, 0.2) is 105 Å². The summed E-state index contributed by atoms with van der Waals surface area (Å²) < 4.78 is 16.5. The normalized spacial score (nSPS) is 17.5.